The fourth-order valence-electron chi connectivity index (χ4n) is 1.75. The summed E-state index contributed by atoms with van der Waals surface area (Å²) >= 11 is 1.57. The van der Waals surface area contributed by atoms with Crippen molar-refractivity contribution in [3.8, 4) is 0 Å². The number of hydrogen-bond donors (Lipinski definition) is 1. The Bertz CT molecular complexity index is 584. The minimum Gasteiger partial charge on any atom is -0.344 e. The lowest BCUT2D eigenvalue weighted by Gasteiger charge is -2.16. The highest BCUT2D eigenvalue weighted by Crippen LogP contribution is 2.05. The second-order valence-corrected chi connectivity index (χ2v) is 5.52. The first-order valence-corrected chi connectivity index (χ1v) is 7.50. The van der Waals surface area contributed by atoms with Crippen LogP contribution in [0.4, 0.5) is 0 Å². The third kappa shape index (κ3) is 4.68. The van der Waals surface area contributed by atoms with Gasteiger partial charge in [-0.15, -0.1) is 11.3 Å². The van der Waals surface area contributed by atoms with Crippen molar-refractivity contribution in [2.75, 3.05) is 20.1 Å². The molecule has 5 nitrogen and oxygen atoms in total. The molecule has 1 aromatic heterocycles. The van der Waals surface area contributed by atoms with Crippen molar-refractivity contribution in [1.82, 2.24) is 15.2 Å². The van der Waals surface area contributed by atoms with Crippen LogP contribution < -0.4 is 5.32 Å². The van der Waals surface area contributed by atoms with Crippen molar-refractivity contribution in [3.05, 3.63) is 52.5 Å². The molecule has 0 unspecified atom stereocenters. The minimum absolute atomic E-state index is 0.00208. The van der Waals surface area contributed by atoms with E-state index in [0.29, 0.717) is 12.1 Å². The predicted molar refractivity (Wildman–Crippen MR) is 82.2 cm³/mol. The van der Waals surface area contributed by atoms with Gasteiger partial charge in [0.1, 0.15) is 0 Å². The molecule has 110 valence electrons. The van der Waals surface area contributed by atoms with Gasteiger partial charge in [0.15, 0.2) is 0 Å². The number of nitrogens with zero attached hydrogens (tertiary/aromatic N) is 2. The van der Waals surface area contributed by atoms with E-state index in [4.69, 9.17) is 0 Å². The Morgan fingerprint density at radius 2 is 2.05 bits per heavy atom. The van der Waals surface area contributed by atoms with Crippen LogP contribution >= 0.6 is 11.3 Å². The summed E-state index contributed by atoms with van der Waals surface area (Å²) in [7, 11) is 1.73. The van der Waals surface area contributed by atoms with Gasteiger partial charge in [0.2, 0.25) is 5.91 Å². The summed E-state index contributed by atoms with van der Waals surface area (Å²) in [6.45, 7) is 0.593. The quantitative estimate of drug-likeness (QED) is 0.881. The van der Waals surface area contributed by atoms with Crippen LogP contribution in [-0.2, 0) is 11.2 Å². The molecule has 0 bridgehead atoms. The van der Waals surface area contributed by atoms with E-state index in [-0.39, 0.29) is 18.4 Å². The minimum atomic E-state index is -0.239. The lowest BCUT2D eigenvalue weighted by atomic mass is 10.2. The predicted octanol–water partition coefficient (Wildman–Crippen LogP) is 1.57. The zero-order chi connectivity index (χ0) is 15.1. The average Bonchev–Trinajstić information content (AvgIpc) is 3.04. The highest BCUT2D eigenvalue weighted by molar-refractivity contribution is 7.09. The van der Waals surface area contributed by atoms with E-state index in [1.807, 2.05) is 11.4 Å². The third-order valence-electron chi connectivity index (χ3n) is 3.01. The number of benzene rings is 1. The Kier molecular flexibility index (Phi) is 5.45. The first kappa shape index (κ1) is 15.2. The van der Waals surface area contributed by atoms with Crippen molar-refractivity contribution < 1.29 is 9.59 Å². The third-order valence-corrected chi connectivity index (χ3v) is 3.85. The molecule has 0 saturated heterocycles. The molecule has 2 rings (SSSR count). The summed E-state index contributed by atoms with van der Waals surface area (Å²) in [5.41, 5.74) is 0.552. The van der Waals surface area contributed by atoms with Gasteiger partial charge in [-0.3, -0.25) is 9.59 Å². The Morgan fingerprint density at radius 1 is 1.29 bits per heavy atom. The standard InChI is InChI=1S/C15H17N3O2S/c1-18(9-7-13-16-8-10-21-13)14(19)11-17-15(20)12-5-3-2-4-6-12/h2-6,8,10H,7,9,11H2,1H3,(H,17,20). The van der Waals surface area contributed by atoms with Crippen molar-refractivity contribution in [3.63, 3.8) is 0 Å². The molecule has 0 atom stereocenters. The van der Waals surface area contributed by atoms with Gasteiger partial charge in [-0.25, -0.2) is 4.98 Å². The molecule has 0 aliphatic carbocycles. The largest absolute Gasteiger partial charge is 0.344 e. The zero-order valence-corrected chi connectivity index (χ0v) is 12.6. The van der Waals surface area contributed by atoms with Crippen molar-refractivity contribution in [1.29, 1.82) is 0 Å². The van der Waals surface area contributed by atoms with Crippen LogP contribution in [0, 0.1) is 0 Å². The molecular weight excluding hydrogens is 286 g/mol. The summed E-state index contributed by atoms with van der Waals surface area (Å²) in [6, 6.07) is 8.85. The maximum Gasteiger partial charge on any atom is 0.251 e. The van der Waals surface area contributed by atoms with E-state index in [1.165, 1.54) is 0 Å². The molecule has 6 heteroatoms. The molecule has 0 spiro atoms. The number of likely N-dealkylation sites (N-methyl/N-ethyl adjacent to an activating group) is 1. The summed E-state index contributed by atoms with van der Waals surface area (Å²) in [5, 5.41) is 5.55. The van der Waals surface area contributed by atoms with Crippen LogP contribution in [0.2, 0.25) is 0 Å². The second kappa shape index (κ2) is 7.54. The Morgan fingerprint density at radius 3 is 2.71 bits per heavy atom. The lowest BCUT2D eigenvalue weighted by Crippen LogP contribution is -2.38. The molecule has 1 N–H and O–H groups in total. The van der Waals surface area contributed by atoms with Crippen LogP contribution in [-0.4, -0.2) is 41.8 Å². The van der Waals surface area contributed by atoms with Gasteiger partial charge in [0, 0.05) is 37.2 Å². The van der Waals surface area contributed by atoms with Gasteiger partial charge in [0.05, 0.1) is 11.6 Å². The van der Waals surface area contributed by atoms with Crippen molar-refractivity contribution >= 4 is 23.2 Å². The molecule has 1 aromatic carbocycles. The molecular formula is C15H17N3O2S. The summed E-state index contributed by atoms with van der Waals surface area (Å²) < 4.78 is 0. The number of nitrogens with one attached hydrogen (secondary N) is 1. The van der Waals surface area contributed by atoms with Crippen LogP contribution in [0.25, 0.3) is 0 Å². The maximum atomic E-state index is 11.9. The summed E-state index contributed by atoms with van der Waals surface area (Å²) in [4.78, 5) is 29.5. The van der Waals surface area contributed by atoms with Gasteiger partial charge in [0.25, 0.3) is 5.91 Å². The summed E-state index contributed by atoms with van der Waals surface area (Å²) in [6.07, 6.45) is 2.48. The SMILES string of the molecule is CN(CCc1nccs1)C(=O)CNC(=O)c1ccccc1. The topological polar surface area (TPSA) is 62.3 Å². The van der Waals surface area contributed by atoms with E-state index in [1.54, 1.807) is 53.7 Å². The Labute approximate surface area is 127 Å². The second-order valence-electron chi connectivity index (χ2n) is 4.54. The molecule has 21 heavy (non-hydrogen) atoms. The van der Waals surface area contributed by atoms with Gasteiger partial charge in [-0.2, -0.15) is 0 Å². The van der Waals surface area contributed by atoms with E-state index in [0.717, 1.165) is 11.4 Å². The molecule has 2 amide bonds. The van der Waals surface area contributed by atoms with E-state index in [9.17, 15) is 9.59 Å². The van der Waals surface area contributed by atoms with Crippen LogP contribution in [0.5, 0.6) is 0 Å². The number of thiazole rings is 1. The average molecular weight is 303 g/mol. The number of hydrogen-bond acceptors (Lipinski definition) is 4. The Hall–Kier alpha value is -2.21. The number of carbonyl (C=O) groups is 2. The van der Waals surface area contributed by atoms with Crippen LogP contribution in [0.1, 0.15) is 15.4 Å². The van der Waals surface area contributed by atoms with Gasteiger partial charge in [-0.1, -0.05) is 18.2 Å². The van der Waals surface area contributed by atoms with Crippen molar-refractivity contribution in [2.24, 2.45) is 0 Å². The van der Waals surface area contributed by atoms with E-state index in [2.05, 4.69) is 10.3 Å². The lowest BCUT2D eigenvalue weighted by molar-refractivity contribution is -0.128. The molecule has 1 heterocycles. The van der Waals surface area contributed by atoms with Gasteiger partial charge in [-0.05, 0) is 12.1 Å². The van der Waals surface area contributed by atoms with E-state index >= 15 is 0 Å². The fraction of sp³-hybridized carbons (Fsp3) is 0.267. The zero-order valence-electron chi connectivity index (χ0n) is 11.8. The highest BCUT2D eigenvalue weighted by atomic mass is 32.1. The molecule has 0 saturated carbocycles. The van der Waals surface area contributed by atoms with Crippen LogP contribution in [0.15, 0.2) is 41.9 Å². The molecule has 0 aliphatic heterocycles. The molecule has 0 radical (unpaired) electrons. The summed E-state index contributed by atoms with van der Waals surface area (Å²) in [5.74, 6) is -0.354. The maximum absolute atomic E-state index is 11.9. The van der Waals surface area contributed by atoms with Gasteiger partial charge >= 0.3 is 0 Å². The first-order chi connectivity index (χ1) is 10.2. The smallest absolute Gasteiger partial charge is 0.251 e. The first-order valence-electron chi connectivity index (χ1n) is 6.62. The molecule has 0 fully saturated rings. The Balaban J connectivity index is 1.74. The normalized spacial score (nSPS) is 10.1. The number of aromatic nitrogens is 1. The van der Waals surface area contributed by atoms with Crippen molar-refractivity contribution in [2.45, 2.75) is 6.42 Å². The monoisotopic (exact) mass is 303 g/mol. The number of carbonyl (C=O) groups excluding carboxylic acids is 2. The van der Waals surface area contributed by atoms with Crippen LogP contribution in [0.3, 0.4) is 0 Å². The molecule has 0 aliphatic rings. The number of rotatable bonds is 6. The van der Waals surface area contributed by atoms with E-state index < -0.39 is 0 Å². The fourth-order valence-corrected chi connectivity index (χ4v) is 2.36. The highest BCUT2D eigenvalue weighted by Gasteiger charge is 2.11. The molecule has 2 aromatic rings. The number of amides is 2. The van der Waals surface area contributed by atoms with Gasteiger partial charge < -0.3 is 10.2 Å².